The van der Waals surface area contributed by atoms with E-state index in [1.54, 1.807) is 16.5 Å². The zero-order chi connectivity index (χ0) is 14.8. The molecule has 0 unspecified atom stereocenters. The number of rotatable bonds is 5. The average Bonchev–Trinajstić information content (AvgIpc) is 2.90. The van der Waals surface area contributed by atoms with Crippen molar-refractivity contribution in [3.05, 3.63) is 33.7 Å². The van der Waals surface area contributed by atoms with Crippen LogP contribution in [0.4, 0.5) is 0 Å². The second-order valence-corrected chi connectivity index (χ2v) is 6.07. The maximum atomic E-state index is 12.7. The van der Waals surface area contributed by atoms with E-state index < -0.39 is 0 Å². The molecule has 21 heavy (non-hydrogen) atoms. The minimum atomic E-state index is -0.320. The van der Waals surface area contributed by atoms with E-state index in [-0.39, 0.29) is 29.7 Å². The van der Waals surface area contributed by atoms with Gasteiger partial charge in [-0.2, -0.15) is 0 Å². The van der Waals surface area contributed by atoms with Crippen LogP contribution in [0.5, 0.6) is 0 Å². The molecule has 2 heterocycles. The van der Waals surface area contributed by atoms with Crippen LogP contribution >= 0.6 is 11.3 Å². The highest BCUT2D eigenvalue weighted by Gasteiger charge is 2.30. The van der Waals surface area contributed by atoms with Gasteiger partial charge in [-0.3, -0.25) is 14.0 Å². The van der Waals surface area contributed by atoms with Gasteiger partial charge in [0.15, 0.2) is 4.96 Å². The fourth-order valence-corrected chi connectivity index (χ4v) is 3.19. The first-order chi connectivity index (χ1) is 10.2. The Kier molecular flexibility index (Phi) is 4.03. The molecule has 0 aliphatic heterocycles. The lowest BCUT2D eigenvalue weighted by molar-refractivity contribution is 0.0560. The Balaban J connectivity index is 1.93. The third-order valence-electron chi connectivity index (χ3n) is 3.91. The first kappa shape index (κ1) is 14.2. The standard InChI is InChI=1S/C14H17N3O3S/c18-7-2-5-16(10-3-1-4-10)12(19)11-9-15-14-17(13(11)20)6-8-21-14/h6,8-10,18H,1-5,7H2. The third kappa shape index (κ3) is 2.58. The molecule has 1 saturated carbocycles. The molecule has 1 fully saturated rings. The molecule has 0 aromatic carbocycles. The summed E-state index contributed by atoms with van der Waals surface area (Å²) in [5, 5.41) is 10.8. The summed E-state index contributed by atoms with van der Waals surface area (Å²) >= 11 is 1.36. The first-order valence-corrected chi connectivity index (χ1v) is 7.97. The lowest BCUT2D eigenvalue weighted by Gasteiger charge is -2.37. The van der Waals surface area contributed by atoms with Crippen molar-refractivity contribution < 1.29 is 9.90 Å². The molecule has 2 aromatic rings. The number of carbonyl (C=O) groups excluding carboxylic acids is 1. The lowest BCUT2D eigenvalue weighted by atomic mass is 9.91. The Hall–Kier alpha value is -1.73. The molecule has 0 radical (unpaired) electrons. The van der Waals surface area contributed by atoms with Crippen molar-refractivity contribution in [2.45, 2.75) is 31.7 Å². The van der Waals surface area contributed by atoms with Crippen LogP contribution in [0.25, 0.3) is 4.96 Å². The number of amides is 1. The van der Waals surface area contributed by atoms with Crippen LogP contribution in [0, 0.1) is 0 Å². The number of aliphatic hydroxyl groups excluding tert-OH is 1. The summed E-state index contributed by atoms with van der Waals surface area (Å²) in [7, 11) is 0. The smallest absolute Gasteiger partial charge is 0.271 e. The second-order valence-electron chi connectivity index (χ2n) is 5.19. The summed E-state index contributed by atoms with van der Waals surface area (Å²) in [5.74, 6) is -0.272. The fourth-order valence-electron chi connectivity index (χ4n) is 2.52. The number of fused-ring (bicyclic) bond motifs is 1. The van der Waals surface area contributed by atoms with Crippen molar-refractivity contribution in [2.24, 2.45) is 0 Å². The lowest BCUT2D eigenvalue weighted by Crippen LogP contribution is -2.46. The minimum absolute atomic E-state index is 0.0390. The van der Waals surface area contributed by atoms with Gasteiger partial charge in [0.1, 0.15) is 5.56 Å². The van der Waals surface area contributed by atoms with Gasteiger partial charge in [0.25, 0.3) is 11.5 Å². The van der Waals surface area contributed by atoms with Crippen LogP contribution in [0.2, 0.25) is 0 Å². The molecule has 1 amide bonds. The second kappa shape index (κ2) is 5.95. The molecule has 0 atom stereocenters. The third-order valence-corrected chi connectivity index (χ3v) is 4.68. The molecule has 1 aliphatic rings. The number of aliphatic hydroxyl groups is 1. The molecule has 1 aliphatic carbocycles. The van der Waals surface area contributed by atoms with Crippen molar-refractivity contribution in [3.63, 3.8) is 0 Å². The van der Waals surface area contributed by atoms with Gasteiger partial charge >= 0.3 is 0 Å². The number of carbonyl (C=O) groups is 1. The molecule has 3 rings (SSSR count). The Morgan fingerprint density at radius 3 is 3.00 bits per heavy atom. The van der Waals surface area contributed by atoms with Gasteiger partial charge in [0.2, 0.25) is 0 Å². The highest BCUT2D eigenvalue weighted by atomic mass is 32.1. The first-order valence-electron chi connectivity index (χ1n) is 7.09. The normalized spacial score (nSPS) is 15.1. The number of aromatic nitrogens is 2. The molecule has 112 valence electrons. The predicted molar refractivity (Wildman–Crippen MR) is 79.7 cm³/mol. The van der Waals surface area contributed by atoms with Crippen LogP contribution in [0.1, 0.15) is 36.0 Å². The van der Waals surface area contributed by atoms with Gasteiger partial charge < -0.3 is 10.0 Å². The molecule has 7 heteroatoms. The van der Waals surface area contributed by atoms with Gasteiger partial charge in [-0.05, 0) is 25.7 Å². The number of thiazole rings is 1. The van der Waals surface area contributed by atoms with E-state index >= 15 is 0 Å². The van der Waals surface area contributed by atoms with Crippen molar-refractivity contribution in [3.8, 4) is 0 Å². The molecule has 0 bridgehead atoms. The summed E-state index contributed by atoms with van der Waals surface area (Å²) in [4.78, 5) is 31.5. The van der Waals surface area contributed by atoms with Crippen LogP contribution in [-0.2, 0) is 0 Å². The molecule has 2 aromatic heterocycles. The maximum Gasteiger partial charge on any atom is 0.271 e. The van der Waals surface area contributed by atoms with Gasteiger partial charge in [-0.1, -0.05) is 0 Å². The van der Waals surface area contributed by atoms with Gasteiger partial charge in [0.05, 0.1) is 0 Å². The summed E-state index contributed by atoms with van der Waals surface area (Å²) in [6.45, 7) is 0.517. The van der Waals surface area contributed by atoms with E-state index in [1.165, 1.54) is 21.9 Å². The minimum Gasteiger partial charge on any atom is -0.396 e. The molecule has 0 saturated heterocycles. The van der Waals surface area contributed by atoms with E-state index in [4.69, 9.17) is 5.11 Å². The highest BCUT2D eigenvalue weighted by molar-refractivity contribution is 7.15. The fraction of sp³-hybridized carbons (Fsp3) is 0.500. The Bertz CT molecular complexity index is 705. The van der Waals surface area contributed by atoms with Crippen molar-refractivity contribution in [1.82, 2.24) is 14.3 Å². The monoisotopic (exact) mass is 307 g/mol. The molecule has 6 nitrogen and oxygen atoms in total. The molecule has 1 N–H and O–H groups in total. The molecule has 0 spiro atoms. The molecular weight excluding hydrogens is 290 g/mol. The number of nitrogens with zero attached hydrogens (tertiary/aromatic N) is 3. The summed E-state index contributed by atoms with van der Waals surface area (Å²) in [5.41, 5.74) is -0.213. The van der Waals surface area contributed by atoms with Crippen LogP contribution in [-0.4, -0.2) is 44.5 Å². The predicted octanol–water partition coefficient (Wildman–Crippen LogP) is 1.13. The topological polar surface area (TPSA) is 74.9 Å². The maximum absolute atomic E-state index is 12.7. The van der Waals surface area contributed by atoms with Gasteiger partial charge in [0, 0.05) is 37.0 Å². The number of hydrogen-bond acceptors (Lipinski definition) is 5. The van der Waals surface area contributed by atoms with E-state index in [0.29, 0.717) is 17.9 Å². The van der Waals surface area contributed by atoms with E-state index in [2.05, 4.69) is 4.98 Å². The van der Waals surface area contributed by atoms with Crippen molar-refractivity contribution >= 4 is 22.2 Å². The van der Waals surface area contributed by atoms with Gasteiger partial charge in [-0.25, -0.2) is 4.98 Å². The Morgan fingerprint density at radius 1 is 1.52 bits per heavy atom. The number of hydrogen-bond donors (Lipinski definition) is 1. The van der Waals surface area contributed by atoms with Crippen molar-refractivity contribution in [1.29, 1.82) is 0 Å². The van der Waals surface area contributed by atoms with Crippen molar-refractivity contribution in [2.75, 3.05) is 13.2 Å². The SMILES string of the molecule is O=C(c1cnc2sccn2c1=O)N(CCCO)C1CCC1. The molecular formula is C14H17N3O3S. The summed E-state index contributed by atoms with van der Waals surface area (Å²) in [6, 6.07) is 0.187. The van der Waals surface area contributed by atoms with E-state index in [0.717, 1.165) is 19.3 Å². The van der Waals surface area contributed by atoms with Crippen LogP contribution in [0.3, 0.4) is 0 Å². The Labute approximate surface area is 125 Å². The Morgan fingerprint density at radius 2 is 2.33 bits per heavy atom. The zero-order valence-electron chi connectivity index (χ0n) is 11.6. The van der Waals surface area contributed by atoms with Crippen LogP contribution < -0.4 is 5.56 Å². The zero-order valence-corrected chi connectivity index (χ0v) is 12.4. The summed E-state index contributed by atoms with van der Waals surface area (Å²) in [6.07, 6.45) is 6.57. The quantitative estimate of drug-likeness (QED) is 0.898. The summed E-state index contributed by atoms with van der Waals surface area (Å²) < 4.78 is 1.41. The highest BCUT2D eigenvalue weighted by Crippen LogP contribution is 2.26. The van der Waals surface area contributed by atoms with Crippen LogP contribution in [0.15, 0.2) is 22.6 Å². The van der Waals surface area contributed by atoms with Gasteiger partial charge in [-0.15, -0.1) is 11.3 Å². The van der Waals surface area contributed by atoms with E-state index in [1.807, 2.05) is 0 Å². The van der Waals surface area contributed by atoms with E-state index in [9.17, 15) is 9.59 Å². The average molecular weight is 307 g/mol. The largest absolute Gasteiger partial charge is 0.396 e.